The first-order chi connectivity index (χ1) is 27.8. The van der Waals surface area contributed by atoms with Gasteiger partial charge in [-0.15, -0.1) is 22.7 Å². The maximum Gasteiger partial charge on any atom is 0.0440 e. The molecular weight excluding hydrogens is 713 g/mol. The summed E-state index contributed by atoms with van der Waals surface area (Å²) in [5, 5.41) is 13.1. The fraction of sp³-hybridized carbons (Fsp3) is 0. The van der Waals surface area contributed by atoms with E-state index in [4.69, 9.17) is 0 Å². The molecule has 56 heavy (non-hydrogen) atoms. The number of benzene rings is 10. The lowest BCUT2D eigenvalue weighted by Crippen LogP contribution is -1.93. The van der Waals surface area contributed by atoms with E-state index in [9.17, 15) is 0 Å². The molecule has 0 aliphatic rings. The second kappa shape index (κ2) is 12.5. The van der Waals surface area contributed by atoms with Crippen molar-refractivity contribution in [1.82, 2.24) is 0 Å². The molecule has 10 aromatic carbocycles. The van der Waals surface area contributed by atoms with E-state index in [1.165, 1.54) is 117 Å². The maximum atomic E-state index is 2.50. The maximum absolute atomic E-state index is 2.50. The summed E-state index contributed by atoms with van der Waals surface area (Å²) in [7, 11) is 0. The number of fused-ring (bicyclic) bond motifs is 11. The standard InChI is InChI=1S/C54H32S2/c1-3-15-33(16-4-1)36-29-37(34-17-5-2-6-18-34)31-38(30-36)49-39-19-7-9-21-41(39)51(42-22-10-8-20-40(42)49)45-32-35-27-28-48-52(43-23-11-13-25-46(43)55-48)50(35)53-44-24-12-14-26-47(44)56-54(45)53/h1-32H. The predicted octanol–water partition coefficient (Wildman–Crippen LogP) is 16.5. The van der Waals surface area contributed by atoms with Gasteiger partial charge in [-0.1, -0.05) is 152 Å². The minimum Gasteiger partial charge on any atom is -0.135 e. The molecule has 0 fully saturated rings. The smallest absolute Gasteiger partial charge is 0.0440 e. The topological polar surface area (TPSA) is 0 Å². The summed E-state index contributed by atoms with van der Waals surface area (Å²) in [6.07, 6.45) is 0. The van der Waals surface area contributed by atoms with Gasteiger partial charge < -0.3 is 0 Å². The summed E-state index contributed by atoms with van der Waals surface area (Å²) >= 11 is 3.83. The molecule has 0 aliphatic heterocycles. The first-order valence-corrected chi connectivity index (χ1v) is 20.8. The molecular formula is C54H32S2. The molecule has 2 heterocycles. The van der Waals surface area contributed by atoms with Crippen molar-refractivity contribution >= 4 is 95.3 Å². The third-order valence-electron chi connectivity index (χ3n) is 11.6. The largest absolute Gasteiger partial charge is 0.135 e. The quantitative estimate of drug-likeness (QED) is 0.157. The Hall–Kier alpha value is -6.58. The second-order valence-corrected chi connectivity index (χ2v) is 16.9. The van der Waals surface area contributed by atoms with Gasteiger partial charge in [-0.2, -0.15) is 0 Å². The van der Waals surface area contributed by atoms with E-state index < -0.39 is 0 Å². The van der Waals surface area contributed by atoms with Gasteiger partial charge in [-0.25, -0.2) is 0 Å². The summed E-state index contributed by atoms with van der Waals surface area (Å²) in [6.45, 7) is 0. The lowest BCUT2D eigenvalue weighted by Gasteiger charge is -2.20. The van der Waals surface area contributed by atoms with Crippen LogP contribution in [-0.4, -0.2) is 0 Å². The predicted molar refractivity (Wildman–Crippen MR) is 246 cm³/mol. The molecule has 0 nitrogen and oxygen atoms in total. The van der Waals surface area contributed by atoms with E-state index in [1.807, 2.05) is 22.7 Å². The first-order valence-electron chi connectivity index (χ1n) is 19.2. The fourth-order valence-corrected chi connectivity index (χ4v) is 11.6. The van der Waals surface area contributed by atoms with Crippen LogP contribution in [-0.2, 0) is 0 Å². The SMILES string of the molecule is c1ccc(-c2cc(-c3ccccc3)cc(-c3c4ccccc4c(-c4cc5ccc6sc7ccccc7c6c5c5c4sc4ccccc45)c4ccccc34)c2)cc1. The second-order valence-electron chi connectivity index (χ2n) is 14.7. The highest BCUT2D eigenvalue weighted by molar-refractivity contribution is 7.27. The molecule has 260 valence electrons. The van der Waals surface area contributed by atoms with Crippen molar-refractivity contribution in [3.8, 4) is 44.5 Å². The van der Waals surface area contributed by atoms with Crippen LogP contribution in [0, 0.1) is 0 Å². The number of thiophene rings is 2. The number of rotatable bonds is 4. The van der Waals surface area contributed by atoms with Crippen LogP contribution in [0.1, 0.15) is 0 Å². The summed E-state index contributed by atoms with van der Waals surface area (Å²) < 4.78 is 5.35. The van der Waals surface area contributed by atoms with E-state index in [2.05, 4.69) is 194 Å². The van der Waals surface area contributed by atoms with E-state index in [-0.39, 0.29) is 0 Å². The van der Waals surface area contributed by atoms with E-state index in [1.54, 1.807) is 0 Å². The van der Waals surface area contributed by atoms with Crippen LogP contribution in [0.2, 0.25) is 0 Å². The molecule has 0 unspecified atom stereocenters. The molecule has 0 bridgehead atoms. The van der Waals surface area contributed by atoms with Crippen LogP contribution in [0.15, 0.2) is 194 Å². The van der Waals surface area contributed by atoms with Gasteiger partial charge >= 0.3 is 0 Å². The van der Waals surface area contributed by atoms with E-state index in [0.29, 0.717) is 0 Å². The zero-order valence-corrected chi connectivity index (χ0v) is 31.9. The molecule has 0 saturated heterocycles. The zero-order valence-electron chi connectivity index (χ0n) is 30.3. The van der Waals surface area contributed by atoms with Gasteiger partial charge in [0.05, 0.1) is 0 Å². The van der Waals surface area contributed by atoms with E-state index >= 15 is 0 Å². The minimum atomic E-state index is 1.22. The van der Waals surface area contributed by atoms with Gasteiger partial charge in [0.2, 0.25) is 0 Å². The number of hydrogen-bond donors (Lipinski definition) is 0. The molecule has 0 spiro atoms. The molecule has 2 aromatic heterocycles. The third-order valence-corrected chi connectivity index (χ3v) is 13.9. The summed E-state index contributed by atoms with van der Waals surface area (Å²) in [6, 6.07) is 72.0. The van der Waals surface area contributed by atoms with Gasteiger partial charge in [0, 0.05) is 51.3 Å². The normalized spacial score (nSPS) is 11.9. The lowest BCUT2D eigenvalue weighted by molar-refractivity contribution is 1.58. The third kappa shape index (κ3) is 4.77. The molecule has 0 aliphatic carbocycles. The van der Waals surface area contributed by atoms with Gasteiger partial charge in [-0.3, -0.25) is 0 Å². The van der Waals surface area contributed by atoms with Gasteiger partial charge in [-0.05, 0) is 108 Å². The molecule has 12 rings (SSSR count). The van der Waals surface area contributed by atoms with Crippen LogP contribution in [0.5, 0.6) is 0 Å². The minimum absolute atomic E-state index is 1.22. The lowest BCUT2D eigenvalue weighted by atomic mass is 9.83. The monoisotopic (exact) mass is 744 g/mol. The van der Waals surface area contributed by atoms with Gasteiger partial charge in [0.15, 0.2) is 0 Å². The summed E-state index contributed by atoms with van der Waals surface area (Å²) in [4.78, 5) is 0. The van der Waals surface area contributed by atoms with Crippen molar-refractivity contribution in [3.63, 3.8) is 0 Å². The van der Waals surface area contributed by atoms with Crippen molar-refractivity contribution in [1.29, 1.82) is 0 Å². The Morgan fingerprint density at radius 2 is 0.732 bits per heavy atom. The molecule has 12 aromatic rings. The average Bonchev–Trinajstić information content (AvgIpc) is 3.85. The van der Waals surface area contributed by atoms with Gasteiger partial charge in [0.1, 0.15) is 0 Å². The Kier molecular flexibility index (Phi) is 7.07. The molecule has 2 heteroatoms. The highest BCUT2D eigenvalue weighted by atomic mass is 32.1. The molecule has 0 radical (unpaired) electrons. The Balaban J connectivity index is 1.22. The van der Waals surface area contributed by atoms with E-state index in [0.717, 1.165) is 0 Å². The highest BCUT2D eigenvalue weighted by Crippen LogP contribution is 2.52. The van der Waals surface area contributed by atoms with Crippen molar-refractivity contribution in [2.24, 2.45) is 0 Å². The number of hydrogen-bond acceptors (Lipinski definition) is 2. The van der Waals surface area contributed by atoms with Crippen molar-refractivity contribution in [2.75, 3.05) is 0 Å². The first kappa shape index (κ1) is 31.7. The van der Waals surface area contributed by atoms with Crippen LogP contribution in [0.4, 0.5) is 0 Å². The van der Waals surface area contributed by atoms with Crippen molar-refractivity contribution in [2.45, 2.75) is 0 Å². The van der Waals surface area contributed by atoms with Crippen LogP contribution in [0.25, 0.3) is 117 Å². The van der Waals surface area contributed by atoms with Crippen molar-refractivity contribution in [3.05, 3.63) is 194 Å². The Morgan fingerprint density at radius 3 is 1.32 bits per heavy atom. The summed E-state index contributed by atoms with van der Waals surface area (Å²) in [5.74, 6) is 0. The molecule has 0 N–H and O–H groups in total. The van der Waals surface area contributed by atoms with Crippen LogP contribution in [0.3, 0.4) is 0 Å². The zero-order chi connectivity index (χ0) is 36.7. The molecule has 0 amide bonds. The Bertz CT molecular complexity index is 3400. The van der Waals surface area contributed by atoms with Crippen LogP contribution < -0.4 is 0 Å². The summed E-state index contributed by atoms with van der Waals surface area (Å²) in [5.41, 5.74) is 9.96. The molecule has 0 saturated carbocycles. The molecule has 0 atom stereocenters. The van der Waals surface area contributed by atoms with Crippen LogP contribution >= 0.6 is 22.7 Å². The van der Waals surface area contributed by atoms with Crippen molar-refractivity contribution < 1.29 is 0 Å². The Labute approximate surface area is 332 Å². The fourth-order valence-electron chi connectivity index (χ4n) is 9.21. The Morgan fingerprint density at radius 1 is 0.268 bits per heavy atom. The van der Waals surface area contributed by atoms with Gasteiger partial charge in [0.25, 0.3) is 0 Å². The highest BCUT2D eigenvalue weighted by Gasteiger charge is 2.23. The average molecular weight is 745 g/mol.